The third-order valence-electron chi connectivity index (χ3n) is 6.66. The van der Waals surface area contributed by atoms with E-state index < -0.39 is 18.0 Å². The molecule has 2 fully saturated rings. The van der Waals surface area contributed by atoms with E-state index in [0.29, 0.717) is 5.92 Å². The van der Waals surface area contributed by atoms with Crippen LogP contribution in [0.5, 0.6) is 5.75 Å². The minimum absolute atomic E-state index is 0.0423. The molecule has 0 bridgehead atoms. The van der Waals surface area contributed by atoms with E-state index in [1.165, 1.54) is 6.42 Å². The van der Waals surface area contributed by atoms with Crippen molar-refractivity contribution in [2.45, 2.75) is 56.5 Å². The van der Waals surface area contributed by atoms with Crippen molar-refractivity contribution < 1.29 is 23.0 Å². The third-order valence-corrected chi connectivity index (χ3v) is 6.66. The Labute approximate surface area is 178 Å². The minimum atomic E-state index is -4.30. The van der Waals surface area contributed by atoms with Crippen LogP contribution in [0.25, 0.3) is 10.9 Å². The third kappa shape index (κ3) is 4.11. The second-order valence-electron chi connectivity index (χ2n) is 8.72. The Morgan fingerprint density at radius 3 is 2.45 bits per heavy atom. The van der Waals surface area contributed by atoms with Crippen molar-refractivity contribution in [2.75, 3.05) is 5.32 Å². The summed E-state index contributed by atoms with van der Waals surface area (Å²) in [6.07, 6.45) is 1.88. The maximum Gasteiger partial charge on any atom is 0.416 e. The summed E-state index contributed by atoms with van der Waals surface area (Å²) in [5.74, 6) is 1.28. The van der Waals surface area contributed by atoms with E-state index in [1.807, 2.05) is 24.4 Å². The molecule has 0 saturated heterocycles. The first-order valence-electron chi connectivity index (χ1n) is 10.8. The first kappa shape index (κ1) is 20.2. The van der Waals surface area contributed by atoms with Crippen LogP contribution in [0.2, 0.25) is 0 Å². The SMILES string of the molecule is OC(Nc1c[nH]c2ccc(O[C@H]3C[C@@H](c4ccc(C(F)(F)F)cc4)C3)cc12)C1CCC1. The van der Waals surface area contributed by atoms with E-state index in [1.54, 1.807) is 12.1 Å². The van der Waals surface area contributed by atoms with E-state index in [0.717, 1.165) is 65.7 Å². The average Bonchev–Trinajstić information content (AvgIpc) is 3.04. The van der Waals surface area contributed by atoms with Crippen LogP contribution in [-0.2, 0) is 6.18 Å². The Morgan fingerprint density at radius 1 is 1.06 bits per heavy atom. The van der Waals surface area contributed by atoms with Crippen molar-refractivity contribution in [3.05, 3.63) is 59.8 Å². The molecule has 0 aliphatic heterocycles. The summed E-state index contributed by atoms with van der Waals surface area (Å²) >= 11 is 0. The number of aromatic amines is 1. The molecule has 3 N–H and O–H groups in total. The van der Waals surface area contributed by atoms with Gasteiger partial charge in [-0.15, -0.1) is 0 Å². The van der Waals surface area contributed by atoms with Gasteiger partial charge in [0.05, 0.1) is 17.4 Å². The molecule has 2 aliphatic carbocycles. The van der Waals surface area contributed by atoms with Crippen LogP contribution in [0.1, 0.15) is 49.1 Å². The molecule has 1 aromatic heterocycles. The monoisotopic (exact) mass is 430 g/mol. The Hall–Kier alpha value is -2.67. The molecule has 2 saturated carbocycles. The molecule has 2 aromatic carbocycles. The number of rotatable bonds is 6. The number of fused-ring (bicyclic) bond motifs is 1. The number of hydrogen-bond acceptors (Lipinski definition) is 3. The number of anilines is 1. The number of ether oxygens (including phenoxy) is 1. The molecule has 0 amide bonds. The maximum atomic E-state index is 12.7. The van der Waals surface area contributed by atoms with Crippen molar-refractivity contribution >= 4 is 16.6 Å². The fourth-order valence-electron chi connectivity index (χ4n) is 4.40. The summed E-state index contributed by atoms with van der Waals surface area (Å²) in [4.78, 5) is 3.21. The largest absolute Gasteiger partial charge is 0.490 e. The maximum absolute atomic E-state index is 12.7. The number of halogens is 3. The van der Waals surface area contributed by atoms with Gasteiger partial charge in [0.2, 0.25) is 0 Å². The van der Waals surface area contributed by atoms with Gasteiger partial charge in [-0.25, -0.2) is 0 Å². The second kappa shape index (κ2) is 7.79. The zero-order valence-electron chi connectivity index (χ0n) is 17.0. The molecule has 164 valence electrons. The number of aliphatic hydroxyl groups excluding tert-OH is 1. The van der Waals surface area contributed by atoms with Gasteiger partial charge in [-0.05, 0) is 67.5 Å². The second-order valence-corrected chi connectivity index (χ2v) is 8.72. The van der Waals surface area contributed by atoms with Crippen molar-refractivity contribution in [3.63, 3.8) is 0 Å². The molecule has 1 heterocycles. The molecule has 4 nitrogen and oxygen atoms in total. The lowest BCUT2D eigenvalue weighted by molar-refractivity contribution is -0.137. The van der Waals surface area contributed by atoms with Crippen molar-refractivity contribution in [2.24, 2.45) is 5.92 Å². The Morgan fingerprint density at radius 2 is 1.81 bits per heavy atom. The van der Waals surface area contributed by atoms with Gasteiger partial charge in [-0.3, -0.25) is 0 Å². The summed E-state index contributed by atoms with van der Waals surface area (Å²) in [6.45, 7) is 0. The number of nitrogens with one attached hydrogen (secondary N) is 2. The predicted molar refractivity (Wildman–Crippen MR) is 113 cm³/mol. The summed E-state index contributed by atoms with van der Waals surface area (Å²) in [5, 5.41) is 14.5. The Balaban J connectivity index is 1.21. The molecule has 31 heavy (non-hydrogen) atoms. The van der Waals surface area contributed by atoms with E-state index in [-0.39, 0.29) is 12.0 Å². The number of hydrogen-bond donors (Lipinski definition) is 3. The highest BCUT2D eigenvalue weighted by molar-refractivity contribution is 5.93. The molecule has 1 unspecified atom stereocenters. The molecule has 3 aromatic rings. The van der Waals surface area contributed by atoms with Crippen LogP contribution in [0.15, 0.2) is 48.7 Å². The highest BCUT2D eigenvalue weighted by Gasteiger charge is 2.34. The van der Waals surface area contributed by atoms with Gasteiger partial charge in [-0.1, -0.05) is 18.6 Å². The van der Waals surface area contributed by atoms with E-state index >= 15 is 0 Å². The summed E-state index contributed by atoms with van der Waals surface area (Å²) < 4.78 is 44.3. The smallest absolute Gasteiger partial charge is 0.416 e. The van der Waals surface area contributed by atoms with Crippen LogP contribution in [0.3, 0.4) is 0 Å². The number of benzene rings is 2. The van der Waals surface area contributed by atoms with Crippen LogP contribution in [0, 0.1) is 5.92 Å². The molecule has 7 heteroatoms. The molecule has 0 spiro atoms. The zero-order valence-corrected chi connectivity index (χ0v) is 17.0. The van der Waals surface area contributed by atoms with Gasteiger partial charge in [0.1, 0.15) is 12.0 Å². The lowest BCUT2D eigenvalue weighted by Crippen LogP contribution is -2.33. The van der Waals surface area contributed by atoms with E-state index in [9.17, 15) is 18.3 Å². The summed E-state index contributed by atoms with van der Waals surface area (Å²) in [7, 11) is 0. The van der Waals surface area contributed by atoms with E-state index in [4.69, 9.17) is 4.74 Å². The zero-order chi connectivity index (χ0) is 21.6. The first-order valence-corrected chi connectivity index (χ1v) is 10.8. The Kier molecular flexibility index (Phi) is 5.08. The number of H-pyrrole nitrogens is 1. The summed E-state index contributed by atoms with van der Waals surface area (Å²) in [5.41, 5.74) is 2.13. The van der Waals surface area contributed by atoms with Crippen LogP contribution >= 0.6 is 0 Å². The Bertz CT molecular complexity index is 1050. The lowest BCUT2D eigenvalue weighted by atomic mass is 9.77. The average molecular weight is 430 g/mol. The van der Waals surface area contributed by atoms with Crippen molar-refractivity contribution in [1.29, 1.82) is 0 Å². The number of aromatic nitrogens is 1. The van der Waals surface area contributed by atoms with Gasteiger partial charge in [-0.2, -0.15) is 13.2 Å². The summed E-state index contributed by atoms with van der Waals surface area (Å²) in [6, 6.07) is 11.3. The lowest BCUT2D eigenvalue weighted by Gasteiger charge is -2.36. The van der Waals surface area contributed by atoms with E-state index in [2.05, 4.69) is 10.3 Å². The van der Waals surface area contributed by atoms with Crippen LogP contribution < -0.4 is 10.1 Å². The van der Waals surface area contributed by atoms with Gasteiger partial charge in [0.15, 0.2) is 0 Å². The van der Waals surface area contributed by atoms with Crippen molar-refractivity contribution in [1.82, 2.24) is 4.98 Å². The van der Waals surface area contributed by atoms with Gasteiger partial charge in [0.25, 0.3) is 0 Å². The molecule has 0 radical (unpaired) electrons. The molecular weight excluding hydrogens is 405 g/mol. The predicted octanol–water partition coefficient (Wildman–Crippen LogP) is 6.04. The topological polar surface area (TPSA) is 57.3 Å². The highest BCUT2D eigenvalue weighted by Crippen LogP contribution is 2.41. The van der Waals surface area contributed by atoms with Crippen LogP contribution in [-0.4, -0.2) is 22.4 Å². The highest BCUT2D eigenvalue weighted by atomic mass is 19.4. The van der Waals surface area contributed by atoms with Gasteiger partial charge in [0, 0.05) is 23.0 Å². The van der Waals surface area contributed by atoms with Gasteiger partial charge < -0.3 is 20.1 Å². The quantitative estimate of drug-likeness (QED) is 0.418. The van der Waals surface area contributed by atoms with Gasteiger partial charge >= 0.3 is 6.18 Å². The number of alkyl halides is 3. The molecule has 5 rings (SSSR count). The fraction of sp³-hybridized carbons (Fsp3) is 0.417. The molecule has 2 aliphatic rings. The van der Waals surface area contributed by atoms with Crippen molar-refractivity contribution in [3.8, 4) is 5.75 Å². The number of aliphatic hydroxyl groups is 1. The fourth-order valence-corrected chi connectivity index (χ4v) is 4.40. The first-order chi connectivity index (χ1) is 14.9. The molecule has 1 atom stereocenters. The molecular formula is C24H25F3N2O2. The van der Waals surface area contributed by atoms with Crippen LogP contribution in [0.4, 0.5) is 18.9 Å². The standard InChI is InChI=1S/C24H25F3N2O2/c25-24(26,27)17-6-4-14(5-7-17)16-10-19(11-16)31-18-8-9-21-20(12-18)22(13-28-21)29-23(30)15-2-1-3-15/h4-9,12-13,15-16,19,23,28-30H,1-3,10-11H2/t16-,19+,23?. The minimum Gasteiger partial charge on any atom is -0.490 e. The normalized spacial score (nSPS) is 22.6.